The highest BCUT2D eigenvalue weighted by molar-refractivity contribution is 5.45. The predicted molar refractivity (Wildman–Crippen MR) is 73.5 cm³/mol. The van der Waals surface area contributed by atoms with E-state index in [4.69, 9.17) is 4.74 Å². The van der Waals surface area contributed by atoms with Crippen LogP contribution in [0.25, 0.3) is 5.82 Å². The van der Waals surface area contributed by atoms with Gasteiger partial charge in [-0.2, -0.15) is 0 Å². The lowest BCUT2D eigenvalue weighted by atomic mass is 9.89. The average molecular weight is 258 g/mol. The number of hydrogen-bond acceptors (Lipinski definition) is 4. The van der Waals surface area contributed by atoms with Crippen LogP contribution in [0.1, 0.15) is 18.7 Å². The molecule has 0 amide bonds. The van der Waals surface area contributed by atoms with Gasteiger partial charge in [0.15, 0.2) is 0 Å². The molecule has 0 atom stereocenters. The van der Waals surface area contributed by atoms with Crippen LogP contribution in [-0.4, -0.2) is 33.8 Å². The van der Waals surface area contributed by atoms with Crippen molar-refractivity contribution in [3.63, 3.8) is 0 Å². The topological polar surface area (TPSA) is 52.0 Å². The largest absolute Gasteiger partial charge is 0.381 e. The smallest absolute Gasteiger partial charge is 0.138 e. The van der Waals surface area contributed by atoms with Gasteiger partial charge in [0.2, 0.25) is 0 Å². The first-order valence-electron chi connectivity index (χ1n) is 6.52. The predicted octanol–water partition coefficient (Wildman–Crippen LogP) is 2.17. The van der Waals surface area contributed by atoms with Gasteiger partial charge in [-0.1, -0.05) is 0 Å². The Balaban J connectivity index is 1.65. The monoisotopic (exact) mass is 258 g/mol. The molecular formula is C14H18N4O. The van der Waals surface area contributed by atoms with E-state index >= 15 is 0 Å². The lowest BCUT2D eigenvalue weighted by Crippen LogP contribution is -2.40. The number of aryl methyl sites for hydroxylation is 1. The van der Waals surface area contributed by atoms with Crippen molar-refractivity contribution in [3.05, 3.63) is 36.5 Å². The minimum Gasteiger partial charge on any atom is -0.381 e. The van der Waals surface area contributed by atoms with Gasteiger partial charge in [-0.05, 0) is 31.9 Å². The van der Waals surface area contributed by atoms with E-state index in [9.17, 15) is 0 Å². The molecule has 100 valence electrons. The van der Waals surface area contributed by atoms with Crippen molar-refractivity contribution in [3.8, 4) is 5.82 Å². The van der Waals surface area contributed by atoms with Gasteiger partial charge in [-0.3, -0.25) is 4.57 Å². The van der Waals surface area contributed by atoms with Crippen molar-refractivity contribution in [2.24, 2.45) is 0 Å². The van der Waals surface area contributed by atoms with E-state index in [1.54, 1.807) is 13.3 Å². The molecule has 1 N–H and O–H groups in total. The molecule has 0 aromatic carbocycles. The molecular weight excluding hydrogens is 240 g/mol. The Morgan fingerprint density at radius 1 is 1.32 bits per heavy atom. The van der Waals surface area contributed by atoms with Gasteiger partial charge >= 0.3 is 0 Å². The van der Waals surface area contributed by atoms with Crippen LogP contribution in [0.4, 0.5) is 5.69 Å². The molecule has 3 rings (SSSR count). The second-order valence-electron chi connectivity index (χ2n) is 4.92. The highest BCUT2D eigenvalue weighted by atomic mass is 16.5. The van der Waals surface area contributed by atoms with E-state index < -0.39 is 0 Å². The standard InChI is InChI=1S/C14H18N4O/c1-10-15-5-6-18(10)14-4-3-11(9-16-14)17-12-7-13(8-12)19-2/h3-6,9,12-13,17H,7-8H2,1-2H3. The van der Waals surface area contributed by atoms with Gasteiger partial charge in [0, 0.05) is 25.5 Å². The van der Waals surface area contributed by atoms with Crippen LogP contribution in [0.2, 0.25) is 0 Å². The summed E-state index contributed by atoms with van der Waals surface area (Å²) >= 11 is 0. The number of methoxy groups -OCH3 is 1. The summed E-state index contributed by atoms with van der Waals surface area (Å²) in [5.41, 5.74) is 1.06. The van der Waals surface area contributed by atoms with E-state index in [0.717, 1.165) is 30.2 Å². The molecule has 2 heterocycles. The number of rotatable bonds is 4. The number of aromatic nitrogens is 3. The van der Waals surface area contributed by atoms with Crippen molar-refractivity contribution in [1.29, 1.82) is 0 Å². The zero-order valence-corrected chi connectivity index (χ0v) is 11.2. The van der Waals surface area contributed by atoms with Crippen molar-refractivity contribution in [2.45, 2.75) is 31.9 Å². The van der Waals surface area contributed by atoms with Crippen LogP contribution < -0.4 is 5.32 Å². The van der Waals surface area contributed by atoms with Gasteiger partial charge in [0.05, 0.1) is 18.0 Å². The summed E-state index contributed by atoms with van der Waals surface area (Å²) < 4.78 is 7.24. The minimum atomic E-state index is 0.415. The van der Waals surface area contributed by atoms with Crippen LogP contribution in [0, 0.1) is 6.92 Å². The Bertz CT molecular complexity index is 543. The summed E-state index contributed by atoms with van der Waals surface area (Å²) in [6.07, 6.45) is 8.12. The molecule has 5 heteroatoms. The normalized spacial score (nSPS) is 22.0. The quantitative estimate of drug-likeness (QED) is 0.913. The molecule has 0 bridgehead atoms. The maximum absolute atomic E-state index is 5.27. The Kier molecular flexibility index (Phi) is 3.21. The van der Waals surface area contributed by atoms with Crippen molar-refractivity contribution in [2.75, 3.05) is 12.4 Å². The third-order valence-electron chi connectivity index (χ3n) is 3.62. The number of ether oxygens (including phenoxy) is 1. The lowest BCUT2D eigenvalue weighted by molar-refractivity contribution is 0.0328. The van der Waals surface area contributed by atoms with Gasteiger partial charge in [0.1, 0.15) is 11.6 Å². The van der Waals surface area contributed by atoms with Crippen LogP contribution in [0.15, 0.2) is 30.7 Å². The Morgan fingerprint density at radius 3 is 2.74 bits per heavy atom. The Morgan fingerprint density at radius 2 is 2.16 bits per heavy atom. The van der Waals surface area contributed by atoms with E-state index in [1.165, 1.54) is 0 Å². The summed E-state index contributed by atoms with van der Waals surface area (Å²) in [6.45, 7) is 1.97. The van der Waals surface area contributed by atoms with E-state index in [0.29, 0.717) is 12.1 Å². The molecule has 1 aliphatic carbocycles. The highest BCUT2D eigenvalue weighted by Crippen LogP contribution is 2.26. The first-order chi connectivity index (χ1) is 9.26. The first-order valence-corrected chi connectivity index (χ1v) is 6.52. The number of nitrogens with one attached hydrogen (secondary N) is 1. The second kappa shape index (κ2) is 5.01. The maximum Gasteiger partial charge on any atom is 0.138 e. The van der Waals surface area contributed by atoms with Crippen molar-refractivity contribution in [1.82, 2.24) is 14.5 Å². The number of hydrogen-bond donors (Lipinski definition) is 1. The summed E-state index contributed by atoms with van der Waals surface area (Å²) in [4.78, 5) is 8.66. The molecule has 0 aliphatic heterocycles. The molecule has 19 heavy (non-hydrogen) atoms. The zero-order chi connectivity index (χ0) is 13.2. The first kappa shape index (κ1) is 12.2. The third-order valence-corrected chi connectivity index (χ3v) is 3.62. The van der Waals surface area contributed by atoms with Crippen LogP contribution in [-0.2, 0) is 4.74 Å². The molecule has 0 saturated heterocycles. The highest BCUT2D eigenvalue weighted by Gasteiger charge is 2.28. The van der Waals surface area contributed by atoms with Crippen LogP contribution in [0.3, 0.4) is 0 Å². The minimum absolute atomic E-state index is 0.415. The zero-order valence-electron chi connectivity index (χ0n) is 11.2. The summed E-state index contributed by atoms with van der Waals surface area (Å²) in [6, 6.07) is 4.57. The lowest BCUT2D eigenvalue weighted by Gasteiger charge is -2.35. The molecule has 0 spiro atoms. The van der Waals surface area contributed by atoms with Gasteiger partial charge in [-0.15, -0.1) is 0 Å². The Hall–Kier alpha value is -1.88. The number of nitrogens with zero attached hydrogens (tertiary/aromatic N) is 3. The molecule has 0 unspecified atom stereocenters. The number of imidazole rings is 1. The molecule has 1 aliphatic rings. The van der Waals surface area contributed by atoms with E-state index in [1.807, 2.05) is 30.0 Å². The SMILES string of the molecule is COC1CC(Nc2ccc(-n3ccnc3C)nc2)C1. The average Bonchev–Trinajstić information content (AvgIpc) is 2.80. The Labute approximate surface area is 112 Å². The van der Waals surface area contributed by atoms with E-state index in [2.05, 4.69) is 21.4 Å². The molecule has 1 fully saturated rings. The maximum atomic E-state index is 5.27. The third kappa shape index (κ3) is 2.46. The fourth-order valence-corrected chi connectivity index (χ4v) is 2.35. The van der Waals surface area contributed by atoms with Crippen molar-refractivity contribution >= 4 is 5.69 Å². The fourth-order valence-electron chi connectivity index (χ4n) is 2.35. The summed E-state index contributed by atoms with van der Waals surface area (Å²) in [5.74, 6) is 1.83. The second-order valence-corrected chi connectivity index (χ2v) is 4.92. The van der Waals surface area contributed by atoms with Crippen molar-refractivity contribution < 1.29 is 4.74 Å². The molecule has 5 nitrogen and oxygen atoms in total. The van der Waals surface area contributed by atoms with Gasteiger partial charge in [0.25, 0.3) is 0 Å². The van der Waals surface area contributed by atoms with Gasteiger partial charge < -0.3 is 10.1 Å². The molecule has 2 aromatic heterocycles. The van der Waals surface area contributed by atoms with Crippen LogP contribution in [0.5, 0.6) is 0 Å². The van der Waals surface area contributed by atoms with E-state index in [-0.39, 0.29) is 0 Å². The summed E-state index contributed by atoms with van der Waals surface area (Å²) in [5, 5.41) is 3.46. The number of pyridine rings is 1. The van der Waals surface area contributed by atoms with Gasteiger partial charge in [-0.25, -0.2) is 9.97 Å². The number of anilines is 1. The fraction of sp³-hybridized carbons (Fsp3) is 0.429. The molecule has 2 aromatic rings. The molecule has 0 radical (unpaired) electrons. The summed E-state index contributed by atoms with van der Waals surface area (Å²) in [7, 11) is 1.77. The molecule has 1 saturated carbocycles. The van der Waals surface area contributed by atoms with Crippen LogP contribution >= 0.6 is 0 Å².